The summed E-state index contributed by atoms with van der Waals surface area (Å²) in [6.45, 7) is 0.0985. The lowest BCUT2D eigenvalue weighted by Crippen LogP contribution is -2.49. The molecule has 0 saturated heterocycles. The molecule has 0 amide bonds. The maximum atomic E-state index is 11.1. The van der Waals surface area contributed by atoms with Crippen LogP contribution in [-0.4, -0.2) is 28.4 Å². The lowest BCUT2D eigenvalue weighted by Gasteiger charge is -2.38. The van der Waals surface area contributed by atoms with Crippen LogP contribution in [-0.2, 0) is 5.60 Å². The first kappa shape index (κ1) is 12.9. The van der Waals surface area contributed by atoms with Crippen molar-refractivity contribution in [1.82, 2.24) is 0 Å². The number of aliphatic hydroxyl groups excluding tert-OH is 1. The summed E-state index contributed by atoms with van der Waals surface area (Å²) >= 11 is 0. The molecule has 3 aliphatic heterocycles. The first-order valence-corrected chi connectivity index (χ1v) is 7.08. The molecule has 7 nitrogen and oxygen atoms in total. The van der Waals surface area contributed by atoms with Crippen molar-refractivity contribution in [1.29, 1.82) is 0 Å². The average Bonchev–Trinajstić information content (AvgIpc) is 3.08. The molecule has 0 aliphatic carbocycles. The fourth-order valence-electron chi connectivity index (χ4n) is 3.31. The van der Waals surface area contributed by atoms with Gasteiger partial charge in [-0.3, -0.25) is 0 Å². The highest BCUT2D eigenvalue weighted by Crippen LogP contribution is 2.58. The highest BCUT2D eigenvalue weighted by molar-refractivity contribution is 5.59. The van der Waals surface area contributed by atoms with Gasteiger partial charge in [0.2, 0.25) is 13.1 Å². The smallest absolute Gasteiger partial charge is 0.235 e. The molecule has 3 aliphatic rings. The Morgan fingerprint density at radius 3 is 2.57 bits per heavy atom. The fourth-order valence-corrected chi connectivity index (χ4v) is 3.31. The maximum Gasteiger partial charge on any atom is 0.235 e. The standard InChI is InChI=1S/C16H12O7/c17-7-1-2-8-10(3-7)23-15(18)16(19)9-4-12-13(21-6-20-12)5-11(9)22-14(8)16/h1-5,14-15,17-19H,6H2/t14-,15+,16+/m0/s1. The van der Waals surface area contributed by atoms with Gasteiger partial charge in [0.15, 0.2) is 23.2 Å². The van der Waals surface area contributed by atoms with Crippen molar-refractivity contribution in [3.63, 3.8) is 0 Å². The summed E-state index contributed by atoms with van der Waals surface area (Å²) in [6.07, 6.45) is -2.41. The number of phenols is 1. The van der Waals surface area contributed by atoms with Crippen LogP contribution in [0, 0.1) is 0 Å². The summed E-state index contributed by atoms with van der Waals surface area (Å²) in [7, 11) is 0. The summed E-state index contributed by atoms with van der Waals surface area (Å²) in [5.74, 6) is 1.65. The molecule has 2 aromatic rings. The van der Waals surface area contributed by atoms with Gasteiger partial charge in [-0.05, 0) is 18.2 Å². The molecular formula is C16H12O7. The zero-order chi connectivity index (χ0) is 15.8. The summed E-state index contributed by atoms with van der Waals surface area (Å²) in [5.41, 5.74) is -0.868. The SMILES string of the molecule is Oc1ccc2c(c1)O[C@@H](O)[C@@]1(O)c3cc4c(cc3O[C@@H]21)OCO4. The van der Waals surface area contributed by atoms with E-state index in [1.807, 2.05) is 0 Å². The van der Waals surface area contributed by atoms with E-state index in [2.05, 4.69) is 0 Å². The molecule has 3 N–H and O–H groups in total. The van der Waals surface area contributed by atoms with Crippen molar-refractivity contribution in [3.8, 4) is 28.7 Å². The fraction of sp³-hybridized carbons (Fsp3) is 0.250. The van der Waals surface area contributed by atoms with Crippen LogP contribution in [0.2, 0.25) is 0 Å². The molecule has 3 heterocycles. The number of phenolic OH excluding ortho intramolecular Hbond substituents is 1. The van der Waals surface area contributed by atoms with Crippen LogP contribution in [0.3, 0.4) is 0 Å². The van der Waals surface area contributed by atoms with Crippen LogP contribution >= 0.6 is 0 Å². The third-order valence-electron chi connectivity index (χ3n) is 4.45. The summed E-state index contributed by atoms with van der Waals surface area (Å²) in [4.78, 5) is 0. The van der Waals surface area contributed by atoms with E-state index in [0.29, 0.717) is 28.4 Å². The van der Waals surface area contributed by atoms with Gasteiger partial charge in [0.25, 0.3) is 0 Å². The van der Waals surface area contributed by atoms with E-state index >= 15 is 0 Å². The van der Waals surface area contributed by atoms with Gasteiger partial charge in [-0.2, -0.15) is 0 Å². The average molecular weight is 316 g/mol. The van der Waals surface area contributed by atoms with Gasteiger partial charge in [-0.1, -0.05) is 0 Å². The van der Waals surface area contributed by atoms with Gasteiger partial charge in [0.05, 0.1) is 0 Å². The van der Waals surface area contributed by atoms with Crippen LogP contribution in [0.4, 0.5) is 0 Å². The topological polar surface area (TPSA) is 97.6 Å². The minimum absolute atomic E-state index is 0.00215. The van der Waals surface area contributed by atoms with Gasteiger partial charge < -0.3 is 34.3 Å². The number of fused-ring (bicyclic) bond motifs is 6. The summed E-state index contributed by atoms with van der Waals surface area (Å²) in [6, 6.07) is 7.66. The minimum Gasteiger partial charge on any atom is -0.508 e. The second-order valence-corrected chi connectivity index (χ2v) is 5.72. The molecule has 118 valence electrons. The Balaban J connectivity index is 1.71. The van der Waals surface area contributed by atoms with Gasteiger partial charge >= 0.3 is 0 Å². The van der Waals surface area contributed by atoms with Crippen molar-refractivity contribution < 1.29 is 34.3 Å². The Hall–Kier alpha value is -2.64. The molecule has 7 heteroatoms. The Bertz CT molecular complexity index is 833. The molecule has 0 bridgehead atoms. The number of hydrogen-bond donors (Lipinski definition) is 3. The Morgan fingerprint density at radius 2 is 1.74 bits per heavy atom. The summed E-state index contributed by atoms with van der Waals surface area (Å²) < 4.78 is 21.9. The predicted molar refractivity (Wildman–Crippen MR) is 74.6 cm³/mol. The molecule has 0 fully saturated rings. The number of aliphatic hydroxyl groups is 2. The molecule has 5 rings (SSSR count). The van der Waals surface area contributed by atoms with E-state index < -0.39 is 18.0 Å². The van der Waals surface area contributed by atoms with E-state index in [1.54, 1.807) is 18.2 Å². The highest BCUT2D eigenvalue weighted by Gasteiger charge is 2.59. The van der Waals surface area contributed by atoms with Crippen LogP contribution < -0.4 is 18.9 Å². The first-order chi connectivity index (χ1) is 11.1. The third-order valence-corrected chi connectivity index (χ3v) is 4.45. The number of hydrogen-bond acceptors (Lipinski definition) is 7. The van der Waals surface area contributed by atoms with Crippen LogP contribution in [0.25, 0.3) is 0 Å². The van der Waals surface area contributed by atoms with Gasteiger partial charge in [-0.25, -0.2) is 0 Å². The number of benzene rings is 2. The van der Waals surface area contributed by atoms with Crippen LogP contribution in [0.5, 0.6) is 28.7 Å². The zero-order valence-corrected chi connectivity index (χ0v) is 11.7. The lowest BCUT2D eigenvalue weighted by atomic mass is 9.83. The monoisotopic (exact) mass is 316 g/mol. The van der Waals surface area contributed by atoms with Crippen molar-refractivity contribution >= 4 is 0 Å². The molecule has 0 unspecified atom stereocenters. The van der Waals surface area contributed by atoms with Gasteiger partial charge in [0.1, 0.15) is 17.2 Å². The number of ether oxygens (including phenoxy) is 4. The second-order valence-electron chi connectivity index (χ2n) is 5.72. The van der Waals surface area contributed by atoms with Gasteiger partial charge in [-0.15, -0.1) is 0 Å². The molecule has 0 saturated carbocycles. The zero-order valence-electron chi connectivity index (χ0n) is 11.7. The molecule has 2 aromatic carbocycles. The van der Waals surface area contributed by atoms with Crippen LogP contribution in [0.15, 0.2) is 30.3 Å². The second kappa shape index (κ2) is 4.01. The Morgan fingerprint density at radius 1 is 0.957 bits per heavy atom. The van der Waals surface area contributed by atoms with E-state index in [1.165, 1.54) is 12.1 Å². The lowest BCUT2D eigenvalue weighted by molar-refractivity contribution is -0.215. The minimum atomic E-state index is -1.78. The number of aromatic hydroxyl groups is 1. The van der Waals surface area contributed by atoms with E-state index in [-0.39, 0.29) is 18.3 Å². The van der Waals surface area contributed by atoms with Crippen molar-refractivity contribution in [2.24, 2.45) is 0 Å². The van der Waals surface area contributed by atoms with Crippen molar-refractivity contribution in [2.45, 2.75) is 18.0 Å². The largest absolute Gasteiger partial charge is 0.508 e. The maximum absolute atomic E-state index is 11.1. The van der Waals surface area contributed by atoms with E-state index in [4.69, 9.17) is 18.9 Å². The summed E-state index contributed by atoms with van der Waals surface area (Å²) in [5, 5.41) is 31.1. The highest BCUT2D eigenvalue weighted by atomic mass is 16.7. The molecule has 0 aromatic heterocycles. The van der Waals surface area contributed by atoms with E-state index in [9.17, 15) is 15.3 Å². The molecule has 0 spiro atoms. The molecule has 3 atom stereocenters. The molecule has 23 heavy (non-hydrogen) atoms. The van der Waals surface area contributed by atoms with E-state index in [0.717, 1.165) is 0 Å². The van der Waals surface area contributed by atoms with Gasteiger partial charge in [0, 0.05) is 23.3 Å². The number of rotatable bonds is 0. The quantitative estimate of drug-likeness (QED) is 0.671. The third kappa shape index (κ3) is 1.50. The van der Waals surface area contributed by atoms with Crippen molar-refractivity contribution in [3.05, 3.63) is 41.5 Å². The molecular weight excluding hydrogens is 304 g/mol. The normalized spacial score (nSPS) is 29.1. The van der Waals surface area contributed by atoms with Crippen molar-refractivity contribution in [2.75, 3.05) is 6.79 Å². The first-order valence-electron chi connectivity index (χ1n) is 7.08. The van der Waals surface area contributed by atoms with Crippen LogP contribution in [0.1, 0.15) is 17.2 Å². The Kier molecular flexibility index (Phi) is 2.24. The molecule has 0 radical (unpaired) electrons. The predicted octanol–water partition coefficient (Wildman–Crippen LogP) is 1.15. The Labute approximate surface area is 130 Å².